The van der Waals surface area contributed by atoms with Gasteiger partial charge in [-0.2, -0.15) is 0 Å². The predicted molar refractivity (Wildman–Crippen MR) is 104 cm³/mol. The van der Waals surface area contributed by atoms with Crippen molar-refractivity contribution in [3.8, 4) is 11.4 Å². The predicted octanol–water partition coefficient (Wildman–Crippen LogP) is 2.82. The summed E-state index contributed by atoms with van der Waals surface area (Å²) < 4.78 is 8.59. The van der Waals surface area contributed by atoms with Crippen molar-refractivity contribution in [2.75, 3.05) is 12.9 Å². The molecule has 27 heavy (non-hydrogen) atoms. The molecule has 140 valence electrons. The first-order valence-corrected chi connectivity index (χ1v) is 9.49. The van der Waals surface area contributed by atoms with Crippen LogP contribution in [-0.2, 0) is 0 Å². The van der Waals surface area contributed by atoms with Crippen molar-refractivity contribution in [1.82, 2.24) is 19.3 Å². The molecule has 0 bridgehead atoms. The fourth-order valence-corrected chi connectivity index (χ4v) is 3.24. The minimum absolute atomic E-state index is 0.0655. The number of benzene rings is 1. The number of carbonyl (C=O) groups excluding carboxylic acids is 1. The molecule has 0 N–H and O–H groups in total. The molecule has 0 spiro atoms. The zero-order chi connectivity index (χ0) is 19.2. The van der Waals surface area contributed by atoms with Crippen LogP contribution in [0.2, 0.25) is 0 Å². The van der Waals surface area contributed by atoms with Crippen LogP contribution in [0.3, 0.4) is 0 Å². The highest BCUT2D eigenvalue weighted by molar-refractivity contribution is 7.99. The number of methoxy groups -OCH3 is 1. The first-order valence-electron chi connectivity index (χ1n) is 8.50. The van der Waals surface area contributed by atoms with Gasteiger partial charge < -0.3 is 4.74 Å². The van der Waals surface area contributed by atoms with E-state index >= 15 is 0 Å². The Kier molecular flexibility index (Phi) is 6.08. The molecule has 0 unspecified atom stereocenters. The summed E-state index contributed by atoms with van der Waals surface area (Å²) in [6.07, 6.45) is 3.36. The number of aromatic nitrogens is 4. The average molecular weight is 383 g/mol. The molecule has 8 heteroatoms. The molecule has 0 saturated carbocycles. The molecule has 3 rings (SSSR count). The lowest BCUT2D eigenvalue weighted by Gasteiger charge is -2.08. The summed E-state index contributed by atoms with van der Waals surface area (Å²) in [6, 6.07) is 13.2. The molecule has 0 aliphatic heterocycles. The molecule has 3 aromatic rings. The number of ether oxygens (including phenoxy) is 1. The van der Waals surface area contributed by atoms with E-state index in [1.165, 1.54) is 11.8 Å². The molecule has 2 aromatic heterocycles. The summed E-state index contributed by atoms with van der Waals surface area (Å²) in [7, 11) is 1.63. The third kappa shape index (κ3) is 4.65. The monoisotopic (exact) mass is 383 g/mol. The third-order valence-electron chi connectivity index (χ3n) is 3.69. The van der Waals surface area contributed by atoms with Gasteiger partial charge in [0.2, 0.25) is 5.91 Å². The lowest BCUT2D eigenvalue weighted by molar-refractivity contribution is 0.0936. The lowest BCUT2D eigenvalue weighted by Crippen LogP contribution is -2.28. The van der Waals surface area contributed by atoms with Crippen LogP contribution in [0.25, 0.3) is 5.69 Å². The molecule has 0 fully saturated rings. The van der Waals surface area contributed by atoms with E-state index in [4.69, 9.17) is 4.74 Å². The summed E-state index contributed by atoms with van der Waals surface area (Å²) in [5.41, 5.74) is 1.55. The van der Waals surface area contributed by atoms with Crippen LogP contribution >= 0.6 is 11.8 Å². The van der Waals surface area contributed by atoms with Gasteiger partial charge in [-0.15, -0.1) is 10.2 Å². The molecule has 0 radical (unpaired) electrons. The second-order valence-electron chi connectivity index (χ2n) is 6.02. The maximum atomic E-state index is 12.7. The maximum absolute atomic E-state index is 12.7. The molecule has 0 aliphatic rings. The van der Waals surface area contributed by atoms with Crippen molar-refractivity contribution in [3.05, 3.63) is 60.5 Å². The highest BCUT2D eigenvalue weighted by Gasteiger charge is 2.12. The summed E-state index contributed by atoms with van der Waals surface area (Å²) in [5.74, 6) is 0.937. The van der Waals surface area contributed by atoms with Crippen molar-refractivity contribution >= 4 is 17.7 Å². The van der Waals surface area contributed by atoms with Gasteiger partial charge in [0, 0.05) is 17.9 Å². The normalized spacial score (nSPS) is 11.8. The van der Waals surface area contributed by atoms with Gasteiger partial charge in [-0.05, 0) is 50.2 Å². The fraction of sp³-hybridized carbons (Fsp3) is 0.263. The molecule has 0 atom stereocenters. The van der Waals surface area contributed by atoms with Gasteiger partial charge in [0.15, 0.2) is 5.16 Å². The van der Waals surface area contributed by atoms with Crippen LogP contribution in [0.4, 0.5) is 0 Å². The Morgan fingerprint density at radius 3 is 2.70 bits per heavy atom. The zero-order valence-corrected chi connectivity index (χ0v) is 16.3. The number of hydrogen-bond donors (Lipinski definition) is 0. The van der Waals surface area contributed by atoms with Gasteiger partial charge in [0.05, 0.1) is 12.9 Å². The van der Waals surface area contributed by atoms with Crippen molar-refractivity contribution in [3.63, 3.8) is 0 Å². The van der Waals surface area contributed by atoms with Crippen LogP contribution in [-0.4, -0.2) is 44.1 Å². The number of pyridine rings is 1. The van der Waals surface area contributed by atoms with Crippen molar-refractivity contribution in [1.29, 1.82) is 0 Å². The second kappa shape index (κ2) is 8.68. The molecule has 1 aromatic carbocycles. The maximum Gasteiger partial charge on any atom is 0.242 e. The largest absolute Gasteiger partial charge is 0.497 e. The summed E-state index contributed by atoms with van der Waals surface area (Å²) in [4.78, 5) is 17.2. The summed E-state index contributed by atoms with van der Waals surface area (Å²) in [6.45, 7) is 3.96. The van der Waals surface area contributed by atoms with Gasteiger partial charge in [-0.1, -0.05) is 17.8 Å². The minimum Gasteiger partial charge on any atom is -0.497 e. The molecular weight excluding hydrogens is 362 g/mol. The SMILES string of the molecule is COc1ccc(-n2cnnc2SCC(=O)n2ccccc2=NC(C)C)cc1. The molecule has 7 nitrogen and oxygen atoms in total. The number of hydrogen-bond acceptors (Lipinski definition) is 6. The number of carbonyl (C=O) groups is 1. The number of thioether (sulfide) groups is 1. The Hall–Kier alpha value is -2.87. The first-order chi connectivity index (χ1) is 13.1. The highest BCUT2D eigenvalue weighted by Crippen LogP contribution is 2.21. The van der Waals surface area contributed by atoms with Gasteiger partial charge in [0.1, 0.15) is 17.6 Å². The van der Waals surface area contributed by atoms with Crippen LogP contribution in [0, 0.1) is 0 Å². The number of rotatable bonds is 6. The first kappa shape index (κ1) is 18.9. The Bertz CT molecular complexity index is 976. The zero-order valence-electron chi connectivity index (χ0n) is 15.4. The van der Waals surface area contributed by atoms with Gasteiger partial charge in [0.25, 0.3) is 0 Å². The Balaban J connectivity index is 1.77. The van der Waals surface area contributed by atoms with E-state index in [1.807, 2.05) is 60.9 Å². The Labute approximate surface area is 161 Å². The lowest BCUT2D eigenvalue weighted by atomic mass is 10.3. The van der Waals surface area contributed by atoms with E-state index in [1.54, 1.807) is 24.2 Å². The Morgan fingerprint density at radius 2 is 2.00 bits per heavy atom. The molecule has 2 heterocycles. The summed E-state index contributed by atoms with van der Waals surface area (Å²) in [5, 5.41) is 8.75. The number of nitrogens with zero attached hydrogens (tertiary/aromatic N) is 5. The smallest absolute Gasteiger partial charge is 0.242 e. The third-order valence-corrected chi connectivity index (χ3v) is 4.62. The van der Waals surface area contributed by atoms with E-state index in [2.05, 4.69) is 15.2 Å². The van der Waals surface area contributed by atoms with Gasteiger partial charge >= 0.3 is 0 Å². The molecule has 0 amide bonds. The van der Waals surface area contributed by atoms with Crippen LogP contribution in [0.1, 0.15) is 18.6 Å². The molecule has 0 saturated heterocycles. The standard InChI is InChI=1S/C19H21N5O2S/c1-14(2)21-17-6-4-5-11-23(17)18(25)12-27-19-22-20-13-24(19)15-7-9-16(26-3)10-8-15/h4-11,13-14H,12H2,1-3H3. The fourth-order valence-electron chi connectivity index (χ4n) is 2.45. The minimum atomic E-state index is -0.0655. The quantitative estimate of drug-likeness (QED) is 0.612. The van der Waals surface area contributed by atoms with Crippen molar-refractivity contribution in [2.24, 2.45) is 4.99 Å². The van der Waals surface area contributed by atoms with E-state index in [0.717, 1.165) is 11.4 Å². The van der Waals surface area contributed by atoms with E-state index in [-0.39, 0.29) is 17.7 Å². The highest BCUT2D eigenvalue weighted by atomic mass is 32.2. The molecular formula is C19H21N5O2S. The second-order valence-corrected chi connectivity index (χ2v) is 6.96. The van der Waals surface area contributed by atoms with Crippen LogP contribution in [0.15, 0.2) is 65.1 Å². The van der Waals surface area contributed by atoms with E-state index in [0.29, 0.717) is 10.6 Å². The van der Waals surface area contributed by atoms with Gasteiger partial charge in [-0.25, -0.2) is 0 Å². The summed E-state index contributed by atoms with van der Waals surface area (Å²) >= 11 is 1.34. The van der Waals surface area contributed by atoms with E-state index in [9.17, 15) is 4.79 Å². The average Bonchev–Trinajstić information content (AvgIpc) is 3.15. The molecule has 0 aliphatic carbocycles. The van der Waals surface area contributed by atoms with Crippen LogP contribution < -0.4 is 10.2 Å². The van der Waals surface area contributed by atoms with Gasteiger partial charge in [-0.3, -0.25) is 18.9 Å². The van der Waals surface area contributed by atoms with E-state index < -0.39 is 0 Å². The topological polar surface area (TPSA) is 74.3 Å². The Morgan fingerprint density at radius 1 is 1.22 bits per heavy atom. The van der Waals surface area contributed by atoms with Crippen LogP contribution in [0.5, 0.6) is 5.75 Å². The van der Waals surface area contributed by atoms with Crippen molar-refractivity contribution in [2.45, 2.75) is 25.0 Å². The van der Waals surface area contributed by atoms with Crippen molar-refractivity contribution < 1.29 is 9.53 Å².